The summed E-state index contributed by atoms with van der Waals surface area (Å²) in [6.07, 6.45) is 1.72. The molecule has 0 aliphatic rings. The van der Waals surface area contributed by atoms with Crippen molar-refractivity contribution in [1.82, 2.24) is 0 Å². The van der Waals surface area contributed by atoms with Crippen LogP contribution in [0, 0.1) is 0 Å². The van der Waals surface area contributed by atoms with Crippen LogP contribution in [0.2, 0.25) is 0 Å². The molecule has 0 atom stereocenters. The molecule has 0 saturated heterocycles. The summed E-state index contributed by atoms with van der Waals surface area (Å²) in [5.41, 5.74) is 0.294. The van der Waals surface area contributed by atoms with Gasteiger partial charge in [0.05, 0.1) is 0 Å². The smallest absolute Gasteiger partial charge is 0.330 e. The first kappa shape index (κ1) is 11.1. The fourth-order valence-electron chi connectivity index (χ4n) is 0.706. The lowest BCUT2D eigenvalue weighted by Crippen LogP contribution is -2.03. The van der Waals surface area contributed by atoms with Crippen LogP contribution in [0.15, 0.2) is 11.6 Å². The highest BCUT2D eigenvalue weighted by molar-refractivity contribution is 5.85. The molecule has 0 bridgehead atoms. The van der Waals surface area contributed by atoms with Crippen LogP contribution in [0.25, 0.3) is 0 Å². The van der Waals surface area contributed by atoms with Crippen molar-refractivity contribution in [1.29, 1.82) is 0 Å². The second-order valence-electron chi connectivity index (χ2n) is 2.60. The van der Waals surface area contributed by atoms with Crippen molar-refractivity contribution < 1.29 is 20.1 Å². The van der Waals surface area contributed by atoms with Gasteiger partial charge in [0.25, 0.3) is 0 Å². The molecule has 0 unspecified atom stereocenters. The van der Waals surface area contributed by atoms with Crippen molar-refractivity contribution in [2.45, 2.75) is 32.5 Å². The van der Waals surface area contributed by atoms with E-state index in [4.69, 9.17) is 15.3 Å². The number of hydrogen-bond donors (Lipinski definition) is 3. The number of aliphatic carboxylic acids is 1. The van der Waals surface area contributed by atoms with Gasteiger partial charge in [-0.15, -0.1) is 0 Å². The molecular weight excluding hydrogens is 160 g/mol. The molecule has 0 fully saturated rings. The van der Waals surface area contributed by atoms with E-state index in [1.54, 1.807) is 6.08 Å². The molecule has 3 N–H and O–H groups in total. The number of aliphatic hydroxyl groups excluding tert-OH is 1. The van der Waals surface area contributed by atoms with Gasteiger partial charge in [0.15, 0.2) is 6.29 Å². The first-order valence-electron chi connectivity index (χ1n) is 3.80. The van der Waals surface area contributed by atoms with Crippen molar-refractivity contribution in [2.75, 3.05) is 0 Å². The third-order valence-electron chi connectivity index (χ3n) is 1.45. The van der Waals surface area contributed by atoms with Gasteiger partial charge in [0, 0.05) is 5.57 Å². The third-order valence-corrected chi connectivity index (χ3v) is 1.45. The molecule has 0 aliphatic heterocycles. The summed E-state index contributed by atoms with van der Waals surface area (Å²) < 4.78 is 0. The number of unbranched alkanes of at least 4 members (excludes halogenated alkanes) is 1. The first-order chi connectivity index (χ1) is 5.54. The molecule has 0 radical (unpaired) electrons. The minimum atomic E-state index is -1.29. The summed E-state index contributed by atoms with van der Waals surface area (Å²) >= 11 is 0. The summed E-state index contributed by atoms with van der Waals surface area (Å²) in [7, 11) is 0. The molecule has 0 spiro atoms. The number of rotatable bonds is 5. The van der Waals surface area contributed by atoms with E-state index in [2.05, 4.69) is 0 Å². The summed E-state index contributed by atoms with van der Waals surface area (Å²) in [5.74, 6) is -0.931. The maximum absolute atomic E-state index is 10.3. The van der Waals surface area contributed by atoms with E-state index in [9.17, 15) is 4.79 Å². The Morgan fingerprint density at radius 2 is 2.08 bits per heavy atom. The van der Waals surface area contributed by atoms with E-state index in [-0.39, 0.29) is 6.42 Å². The highest BCUT2D eigenvalue weighted by Gasteiger charge is 1.99. The predicted octanol–water partition coefficient (Wildman–Crippen LogP) is 0.498. The minimum Gasteiger partial charge on any atom is -0.478 e. The molecule has 0 aromatic carbocycles. The van der Waals surface area contributed by atoms with Gasteiger partial charge in [0.1, 0.15) is 0 Å². The molecule has 0 heterocycles. The van der Waals surface area contributed by atoms with Crippen LogP contribution in [0.4, 0.5) is 0 Å². The van der Waals surface area contributed by atoms with Crippen molar-refractivity contribution in [2.24, 2.45) is 0 Å². The molecule has 0 amide bonds. The van der Waals surface area contributed by atoms with E-state index in [1.807, 2.05) is 0 Å². The van der Waals surface area contributed by atoms with Crippen molar-refractivity contribution in [3.63, 3.8) is 0 Å². The van der Waals surface area contributed by atoms with Crippen molar-refractivity contribution >= 4 is 5.97 Å². The van der Waals surface area contributed by atoms with Crippen molar-refractivity contribution in [3.8, 4) is 0 Å². The molecule has 4 nitrogen and oxygen atoms in total. The number of carboxylic acid groups (broad SMARTS) is 1. The first-order valence-corrected chi connectivity index (χ1v) is 3.80. The Morgan fingerprint density at radius 3 is 2.50 bits per heavy atom. The topological polar surface area (TPSA) is 77.8 Å². The number of allylic oxidation sites excluding steroid dienone is 1. The monoisotopic (exact) mass is 174 g/mol. The van der Waals surface area contributed by atoms with Gasteiger partial charge in [-0.05, 0) is 26.2 Å². The van der Waals surface area contributed by atoms with Gasteiger partial charge in [-0.3, -0.25) is 0 Å². The van der Waals surface area contributed by atoms with E-state index >= 15 is 0 Å². The average molecular weight is 174 g/mol. The second-order valence-corrected chi connectivity index (χ2v) is 2.60. The number of aliphatic hydroxyl groups is 2. The summed E-state index contributed by atoms with van der Waals surface area (Å²) in [4.78, 5) is 10.3. The maximum atomic E-state index is 10.3. The molecule has 4 heteroatoms. The van der Waals surface area contributed by atoms with Crippen LogP contribution in [-0.4, -0.2) is 27.6 Å². The number of hydrogen-bond acceptors (Lipinski definition) is 3. The zero-order valence-corrected chi connectivity index (χ0v) is 7.03. The van der Waals surface area contributed by atoms with Crippen molar-refractivity contribution in [3.05, 3.63) is 11.6 Å². The Morgan fingerprint density at radius 1 is 1.50 bits per heavy atom. The van der Waals surface area contributed by atoms with Crippen LogP contribution in [-0.2, 0) is 4.79 Å². The van der Waals surface area contributed by atoms with Crippen LogP contribution >= 0.6 is 0 Å². The van der Waals surface area contributed by atoms with Crippen LogP contribution in [0.1, 0.15) is 26.2 Å². The minimum absolute atomic E-state index is 0.281. The molecule has 70 valence electrons. The normalized spacial score (nSPS) is 12.2. The Hall–Kier alpha value is -0.870. The molecule has 0 aliphatic carbocycles. The van der Waals surface area contributed by atoms with Crippen LogP contribution < -0.4 is 0 Å². The Kier molecular flexibility index (Phi) is 5.32. The van der Waals surface area contributed by atoms with Gasteiger partial charge in [0.2, 0.25) is 0 Å². The predicted molar refractivity (Wildman–Crippen MR) is 43.5 cm³/mol. The average Bonchev–Trinajstić information content (AvgIpc) is 1.97. The molecule has 12 heavy (non-hydrogen) atoms. The van der Waals surface area contributed by atoms with Gasteiger partial charge in [-0.2, -0.15) is 0 Å². The number of carboxylic acids is 1. The zero-order valence-electron chi connectivity index (χ0n) is 7.03. The van der Waals surface area contributed by atoms with E-state index in [0.717, 1.165) is 0 Å². The van der Waals surface area contributed by atoms with Gasteiger partial charge in [-0.1, -0.05) is 6.08 Å². The van der Waals surface area contributed by atoms with Crippen LogP contribution in [0.3, 0.4) is 0 Å². The Balaban J connectivity index is 3.54. The largest absolute Gasteiger partial charge is 0.478 e. The molecule has 0 aromatic rings. The second kappa shape index (κ2) is 5.74. The zero-order chi connectivity index (χ0) is 9.56. The summed E-state index contributed by atoms with van der Waals surface area (Å²) in [6.45, 7) is 1.51. The standard InChI is InChI=1S/C8H14O4/c1-6(8(11)12)4-2-3-5-7(9)10/h4,7,9-10H,2-3,5H2,1H3,(H,11,12). The lowest BCUT2D eigenvalue weighted by atomic mass is 10.2. The fraction of sp³-hybridized carbons (Fsp3) is 0.625. The van der Waals surface area contributed by atoms with E-state index in [0.29, 0.717) is 18.4 Å². The highest BCUT2D eigenvalue weighted by Crippen LogP contribution is 2.02. The number of carbonyl (C=O) groups is 1. The fourth-order valence-corrected chi connectivity index (χ4v) is 0.706. The maximum Gasteiger partial charge on any atom is 0.330 e. The van der Waals surface area contributed by atoms with E-state index < -0.39 is 12.3 Å². The Bertz CT molecular complexity index is 172. The molecular formula is C8H14O4. The third kappa shape index (κ3) is 5.88. The quantitative estimate of drug-likeness (QED) is 0.322. The molecule has 0 saturated carbocycles. The molecule has 0 rings (SSSR count). The summed E-state index contributed by atoms with van der Waals surface area (Å²) in [5, 5.41) is 25.3. The lowest BCUT2D eigenvalue weighted by Gasteiger charge is -1.99. The molecule has 0 aromatic heterocycles. The lowest BCUT2D eigenvalue weighted by molar-refractivity contribution is -0.132. The SMILES string of the molecule is CC(=CCCCC(O)O)C(=O)O. The highest BCUT2D eigenvalue weighted by atomic mass is 16.5. The van der Waals surface area contributed by atoms with E-state index in [1.165, 1.54) is 6.92 Å². The Labute approximate surface area is 71.1 Å². The summed E-state index contributed by atoms with van der Waals surface area (Å²) in [6, 6.07) is 0. The van der Waals surface area contributed by atoms with Gasteiger partial charge < -0.3 is 15.3 Å². The van der Waals surface area contributed by atoms with Gasteiger partial charge in [-0.25, -0.2) is 4.79 Å². The van der Waals surface area contributed by atoms with Gasteiger partial charge >= 0.3 is 5.97 Å². The van der Waals surface area contributed by atoms with Crippen LogP contribution in [0.5, 0.6) is 0 Å².